The second kappa shape index (κ2) is 3.16. The first-order valence-corrected chi connectivity index (χ1v) is 3.40. The van der Waals surface area contributed by atoms with E-state index in [9.17, 15) is 0 Å². The van der Waals surface area contributed by atoms with E-state index in [1.165, 1.54) is 11.8 Å². The first-order chi connectivity index (χ1) is 4.84. The van der Waals surface area contributed by atoms with Crippen molar-refractivity contribution in [2.24, 2.45) is 0 Å². The quantitative estimate of drug-likeness (QED) is 0.599. The van der Waals surface area contributed by atoms with E-state index >= 15 is 0 Å². The highest BCUT2D eigenvalue weighted by Crippen LogP contribution is 2.10. The average Bonchev–Trinajstić information content (AvgIpc) is 2.05. The van der Waals surface area contributed by atoms with Gasteiger partial charge >= 0.3 is 0 Å². The van der Waals surface area contributed by atoms with Gasteiger partial charge in [-0.15, -0.1) is 0 Å². The molecular weight excluding hydrogens is 122 g/mol. The van der Waals surface area contributed by atoms with Crippen LogP contribution < -0.4 is 0 Å². The average molecular weight is 133 g/mol. The van der Waals surface area contributed by atoms with Crippen molar-refractivity contribution < 1.29 is 0 Å². The van der Waals surface area contributed by atoms with Gasteiger partial charge in [0.1, 0.15) is 0 Å². The lowest BCUT2D eigenvalue weighted by molar-refractivity contribution is 1.04. The predicted molar refractivity (Wildman–Crippen MR) is 43.6 cm³/mol. The molecule has 1 unspecified atom stereocenters. The van der Waals surface area contributed by atoms with E-state index in [1.54, 1.807) is 0 Å². The summed E-state index contributed by atoms with van der Waals surface area (Å²) in [6, 6.07) is 10.1. The number of hydrogen-bond acceptors (Lipinski definition) is 1. The van der Waals surface area contributed by atoms with Crippen LogP contribution in [0, 0.1) is 5.41 Å². The van der Waals surface area contributed by atoms with E-state index < -0.39 is 0 Å². The fraction of sp³-hybridized carbons (Fsp3) is 0.222. The van der Waals surface area contributed by atoms with E-state index in [0.717, 1.165) is 0 Å². The summed E-state index contributed by atoms with van der Waals surface area (Å²) in [5, 5.41) is 7.02. The topological polar surface area (TPSA) is 23.9 Å². The molecule has 1 aromatic carbocycles. The van der Waals surface area contributed by atoms with Crippen molar-refractivity contribution >= 4 is 6.21 Å². The van der Waals surface area contributed by atoms with E-state index in [2.05, 4.69) is 0 Å². The van der Waals surface area contributed by atoms with Crippen molar-refractivity contribution in [2.75, 3.05) is 0 Å². The van der Waals surface area contributed by atoms with Crippen LogP contribution in [0.1, 0.15) is 18.4 Å². The molecular formula is C9H11N. The third kappa shape index (κ3) is 1.44. The molecule has 0 heterocycles. The van der Waals surface area contributed by atoms with Crippen LogP contribution >= 0.6 is 0 Å². The van der Waals surface area contributed by atoms with Gasteiger partial charge in [-0.05, 0) is 5.56 Å². The standard InChI is InChI=1S/C9H11N/c1-8(7-10)9-5-3-2-4-6-9/h2-8,10H,1H3. The SMILES string of the molecule is CC(C=N)c1ccccc1. The molecule has 1 heteroatoms. The van der Waals surface area contributed by atoms with Crippen LogP contribution in [-0.2, 0) is 0 Å². The first-order valence-electron chi connectivity index (χ1n) is 3.40. The molecule has 0 aliphatic heterocycles. The summed E-state index contributed by atoms with van der Waals surface area (Å²) in [5.41, 5.74) is 1.21. The highest BCUT2D eigenvalue weighted by Gasteiger charge is 1.97. The minimum atomic E-state index is 0.251. The lowest BCUT2D eigenvalue weighted by atomic mass is 10.0. The normalized spacial score (nSPS) is 12.5. The van der Waals surface area contributed by atoms with Gasteiger partial charge < -0.3 is 5.41 Å². The van der Waals surface area contributed by atoms with E-state index in [1.807, 2.05) is 37.3 Å². The fourth-order valence-corrected chi connectivity index (χ4v) is 0.853. The Balaban J connectivity index is 2.84. The molecule has 0 fully saturated rings. The molecule has 10 heavy (non-hydrogen) atoms. The van der Waals surface area contributed by atoms with Gasteiger partial charge in [0.05, 0.1) is 0 Å². The lowest BCUT2D eigenvalue weighted by Gasteiger charge is -2.02. The van der Waals surface area contributed by atoms with Crippen LogP contribution in [0.2, 0.25) is 0 Å². The molecule has 1 atom stereocenters. The molecule has 1 nitrogen and oxygen atoms in total. The van der Waals surface area contributed by atoms with Gasteiger partial charge in [-0.25, -0.2) is 0 Å². The summed E-state index contributed by atoms with van der Waals surface area (Å²) in [6.45, 7) is 2.02. The maximum absolute atomic E-state index is 7.02. The van der Waals surface area contributed by atoms with E-state index in [4.69, 9.17) is 5.41 Å². The Morgan fingerprint density at radius 1 is 1.30 bits per heavy atom. The minimum absolute atomic E-state index is 0.251. The second-order valence-electron chi connectivity index (χ2n) is 2.37. The van der Waals surface area contributed by atoms with Gasteiger partial charge in [-0.2, -0.15) is 0 Å². The van der Waals surface area contributed by atoms with Crippen LogP contribution in [0.4, 0.5) is 0 Å². The zero-order valence-electron chi connectivity index (χ0n) is 6.04. The summed E-state index contributed by atoms with van der Waals surface area (Å²) in [5.74, 6) is 0.251. The Labute approximate surface area is 61.2 Å². The van der Waals surface area contributed by atoms with E-state index in [-0.39, 0.29) is 5.92 Å². The molecule has 0 saturated heterocycles. The Kier molecular flexibility index (Phi) is 2.21. The lowest BCUT2D eigenvalue weighted by Crippen LogP contribution is -1.91. The monoisotopic (exact) mass is 133 g/mol. The van der Waals surface area contributed by atoms with Crippen molar-refractivity contribution in [2.45, 2.75) is 12.8 Å². The molecule has 1 N–H and O–H groups in total. The van der Waals surface area contributed by atoms with Gasteiger partial charge in [-0.3, -0.25) is 0 Å². The molecule has 0 amide bonds. The molecule has 52 valence electrons. The van der Waals surface area contributed by atoms with Gasteiger partial charge in [0.25, 0.3) is 0 Å². The molecule has 0 bridgehead atoms. The second-order valence-corrected chi connectivity index (χ2v) is 2.37. The summed E-state index contributed by atoms with van der Waals surface area (Å²) in [6.07, 6.45) is 1.45. The van der Waals surface area contributed by atoms with Crippen molar-refractivity contribution in [1.82, 2.24) is 0 Å². The molecule has 1 aromatic rings. The summed E-state index contributed by atoms with van der Waals surface area (Å²) >= 11 is 0. The summed E-state index contributed by atoms with van der Waals surface area (Å²) < 4.78 is 0. The van der Waals surface area contributed by atoms with Crippen molar-refractivity contribution in [3.8, 4) is 0 Å². The highest BCUT2D eigenvalue weighted by molar-refractivity contribution is 5.63. The van der Waals surface area contributed by atoms with Gasteiger partial charge in [0, 0.05) is 12.1 Å². The molecule has 0 aliphatic carbocycles. The van der Waals surface area contributed by atoms with Gasteiger partial charge in [0.15, 0.2) is 0 Å². The zero-order valence-corrected chi connectivity index (χ0v) is 6.04. The maximum atomic E-state index is 7.02. The summed E-state index contributed by atoms with van der Waals surface area (Å²) in [7, 11) is 0. The van der Waals surface area contributed by atoms with Crippen molar-refractivity contribution in [3.63, 3.8) is 0 Å². The molecule has 0 aromatic heterocycles. The van der Waals surface area contributed by atoms with Gasteiger partial charge in [0.2, 0.25) is 0 Å². The number of benzene rings is 1. The Morgan fingerprint density at radius 3 is 2.40 bits per heavy atom. The predicted octanol–water partition coefficient (Wildman–Crippen LogP) is 2.44. The Morgan fingerprint density at radius 2 is 1.90 bits per heavy atom. The van der Waals surface area contributed by atoms with Crippen LogP contribution in [0.25, 0.3) is 0 Å². The maximum Gasteiger partial charge on any atom is 0.0158 e. The molecule has 0 radical (unpaired) electrons. The number of rotatable bonds is 2. The molecule has 1 rings (SSSR count). The third-order valence-corrected chi connectivity index (χ3v) is 1.58. The van der Waals surface area contributed by atoms with Crippen LogP contribution in [-0.4, -0.2) is 6.21 Å². The van der Waals surface area contributed by atoms with Gasteiger partial charge in [-0.1, -0.05) is 37.3 Å². The van der Waals surface area contributed by atoms with E-state index in [0.29, 0.717) is 0 Å². The largest absolute Gasteiger partial charge is 0.312 e. The van der Waals surface area contributed by atoms with Crippen molar-refractivity contribution in [3.05, 3.63) is 35.9 Å². The highest BCUT2D eigenvalue weighted by atomic mass is 14.3. The summed E-state index contributed by atoms with van der Waals surface area (Å²) in [4.78, 5) is 0. The van der Waals surface area contributed by atoms with Crippen molar-refractivity contribution in [1.29, 1.82) is 5.41 Å². The van der Waals surface area contributed by atoms with Crippen LogP contribution in [0.5, 0.6) is 0 Å². The Bertz CT molecular complexity index is 203. The van der Waals surface area contributed by atoms with Crippen LogP contribution in [0.15, 0.2) is 30.3 Å². The Hall–Kier alpha value is -1.11. The number of nitrogens with one attached hydrogen (secondary N) is 1. The fourth-order valence-electron chi connectivity index (χ4n) is 0.853. The minimum Gasteiger partial charge on any atom is -0.312 e. The van der Waals surface area contributed by atoms with Crippen LogP contribution in [0.3, 0.4) is 0 Å². The molecule has 0 aliphatic rings. The third-order valence-electron chi connectivity index (χ3n) is 1.58. The number of hydrogen-bond donors (Lipinski definition) is 1. The zero-order chi connectivity index (χ0) is 7.40. The molecule has 0 spiro atoms. The smallest absolute Gasteiger partial charge is 0.0158 e. The molecule has 0 saturated carbocycles. The first kappa shape index (κ1) is 7.00.